The van der Waals surface area contributed by atoms with E-state index in [1.165, 1.54) is 6.20 Å². The first-order valence-electron chi connectivity index (χ1n) is 14.6. The van der Waals surface area contributed by atoms with Crippen LogP contribution in [0.2, 0.25) is 0 Å². The van der Waals surface area contributed by atoms with Crippen molar-refractivity contribution in [1.82, 2.24) is 14.3 Å². The number of carbonyl (C=O) groups is 2. The Hall–Kier alpha value is -2.86. The molecule has 4 atom stereocenters. The molecule has 12 heteroatoms. The number of hydrogen-bond acceptors (Lipinski definition) is 8. The Bertz CT molecular complexity index is 1630. The maximum atomic E-state index is 15.6. The van der Waals surface area contributed by atoms with Gasteiger partial charge in [0.05, 0.1) is 17.7 Å². The summed E-state index contributed by atoms with van der Waals surface area (Å²) in [4.78, 5) is 44.9. The van der Waals surface area contributed by atoms with Crippen LogP contribution in [0.4, 0.5) is 10.2 Å². The molecule has 0 aromatic carbocycles. The van der Waals surface area contributed by atoms with Gasteiger partial charge in [-0.1, -0.05) is 20.8 Å². The maximum Gasteiger partial charge on any atom is 0.343 e. The molecular weight excluding hydrogens is 563 g/mol. The highest BCUT2D eigenvalue weighted by atomic mass is 32.2. The molecular formula is C30H41FN4O6S. The Morgan fingerprint density at radius 1 is 1.24 bits per heavy atom. The summed E-state index contributed by atoms with van der Waals surface area (Å²) in [7, 11) is -3.83. The second-order valence-corrected chi connectivity index (χ2v) is 15.6. The third-order valence-electron chi connectivity index (χ3n) is 9.95. The van der Waals surface area contributed by atoms with Crippen molar-refractivity contribution >= 4 is 38.6 Å². The Labute approximate surface area is 246 Å². The molecule has 0 amide bonds. The number of nitrogens with one attached hydrogen (secondary N) is 1. The minimum absolute atomic E-state index is 0.00154. The number of pyridine rings is 2. The third-order valence-corrected chi connectivity index (χ3v) is 11.5. The molecule has 1 saturated heterocycles. The fraction of sp³-hybridized carbons (Fsp3) is 0.667. The van der Waals surface area contributed by atoms with Crippen molar-refractivity contribution in [2.75, 3.05) is 30.3 Å². The van der Waals surface area contributed by atoms with Gasteiger partial charge in [0.1, 0.15) is 17.0 Å². The summed E-state index contributed by atoms with van der Waals surface area (Å²) in [5, 5.41) is -0.0424. The molecule has 1 N–H and O–H groups in total. The van der Waals surface area contributed by atoms with E-state index in [1.807, 2.05) is 41.5 Å². The van der Waals surface area contributed by atoms with Crippen LogP contribution in [0.1, 0.15) is 78.1 Å². The molecule has 10 nitrogen and oxygen atoms in total. The van der Waals surface area contributed by atoms with Crippen LogP contribution in [-0.4, -0.2) is 61.2 Å². The van der Waals surface area contributed by atoms with Gasteiger partial charge in [-0.3, -0.25) is 9.59 Å². The number of ether oxygens (including phenoxy) is 1. The lowest BCUT2D eigenvalue weighted by atomic mass is 9.70. The van der Waals surface area contributed by atoms with E-state index in [0.717, 1.165) is 12.5 Å². The Morgan fingerprint density at radius 3 is 2.50 bits per heavy atom. The van der Waals surface area contributed by atoms with Crippen LogP contribution in [0.5, 0.6) is 0 Å². The van der Waals surface area contributed by atoms with E-state index in [4.69, 9.17) is 4.74 Å². The highest BCUT2D eigenvalue weighted by molar-refractivity contribution is 7.89. The molecule has 2 saturated carbocycles. The summed E-state index contributed by atoms with van der Waals surface area (Å²) >= 11 is 0. The molecule has 2 aliphatic carbocycles. The van der Waals surface area contributed by atoms with Crippen molar-refractivity contribution in [1.29, 1.82) is 0 Å². The van der Waals surface area contributed by atoms with Crippen molar-refractivity contribution in [3.05, 3.63) is 33.9 Å². The lowest BCUT2D eigenvalue weighted by Crippen LogP contribution is -2.48. The van der Waals surface area contributed by atoms with Gasteiger partial charge >= 0.3 is 5.97 Å². The fourth-order valence-electron chi connectivity index (χ4n) is 7.30. The number of sulfonamides is 1. The second-order valence-electron chi connectivity index (χ2n) is 13.8. The normalized spacial score (nSPS) is 27.3. The topological polar surface area (TPSA) is 128 Å². The van der Waals surface area contributed by atoms with Gasteiger partial charge in [0.15, 0.2) is 11.6 Å². The van der Waals surface area contributed by atoms with Crippen molar-refractivity contribution in [3.63, 3.8) is 0 Å². The summed E-state index contributed by atoms with van der Waals surface area (Å²) < 4.78 is 52.1. The van der Waals surface area contributed by atoms with Crippen LogP contribution in [-0.2, 0) is 25.1 Å². The number of nitrogens with zero attached hydrogens (tertiary/aromatic N) is 3. The van der Waals surface area contributed by atoms with Crippen LogP contribution in [0.15, 0.2) is 17.1 Å². The number of aromatic nitrogens is 2. The van der Waals surface area contributed by atoms with E-state index in [0.29, 0.717) is 19.4 Å². The van der Waals surface area contributed by atoms with E-state index < -0.39 is 44.2 Å². The first-order valence-corrected chi connectivity index (χ1v) is 16.3. The van der Waals surface area contributed by atoms with Crippen LogP contribution in [0.25, 0.3) is 11.0 Å². The predicted octanol–water partition coefficient (Wildman–Crippen LogP) is 3.61. The maximum absolute atomic E-state index is 15.6. The van der Waals surface area contributed by atoms with Gasteiger partial charge in [-0.05, 0) is 63.9 Å². The zero-order valence-corrected chi connectivity index (χ0v) is 26.2. The van der Waals surface area contributed by atoms with Gasteiger partial charge in [-0.2, -0.15) is 0 Å². The quantitative estimate of drug-likeness (QED) is 0.475. The average molecular weight is 605 g/mol. The molecule has 2 aromatic rings. The number of halogens is 1. The Kier molecular flexibility index (Phi) is 7.36. The van der Waals surface area contributed by atoms with Crippen molar-refractivity contribution in [2.24, 2.45) is 22.7 Å². The minimum Gasteiger partial charge on any atom is -0.462 e. The van der Waals surface area contributed by atoms with E-state index in [1.54, 1.807) is 16.4 Å². The average Bonchev–Trinajstić information content (AvgIpc) is 3.40. The first kappa shape index (κ1) is 30.6. The molecule has 3 aliphatic rings. The number of rotatable bonds is 7. The summed E-state index contributed by atoms with van der Waals surface area (Å²) in [6.45, 7) is 13.8. The van der Waals surface area contributed by atoms with Crippen molar-refractivity contribution < 1.29 is 27.1 Å². The summed E-state index contributed by atoms with van der Waals surface area (Å²) in [6.07, 6.45) is 3.27. The molecule has 1 aliphatic heterocycles. The SMILES string of the molecule is CCOC(=O)c1cn(C(C)(C)C)c2nc(N3C[C@@H](C)[C@@H](NS(=O)(=O)C[C@@]45CC[C@@H](CC4=O)C5(C)C)C3)c(F)cc2c1=O. The Morgan fingerprint density at radius 2 is 1.93 bits per heavy atom. The summed E-state index contributed by atoms with van der Waals surface area (Å²) in [5.41, 5.74) is -2.52. The lowest BCUT2D eigenvalue weighted by Gasteiger charge is -2.36. The number of carbonyl (C=O) groups excluding carboxylic acids is 2. The highest BCUT2D eigenvalue weighted by Gasteiger charge is 2.65. The van der Waals surface area contributed by atoms with Gasteiger partial charge in [-0.25, -0.2) is 27.3 Å². The van der Waals surface area contributed by atoms with Crippen LogP contribution < -0.4 is 15.1 Å². The molecule has 2 aromatic heterocycles. The zero-order chi connectivity index (χ0) is 31.0. The van der Waals surface area contributed by atoms with Gasteiger partial charge in [-0.15, -0.1) is 0 Å². The molecule has 3 heterocycles. The number of Topliss-reactive ketones (excluding diaryl/α,β-unsaturated/α-hetero) is 1. The standard InChI is InChI=1S/C30H41FN4O6S/c1-8-41-27(38)20-14-35(28(3,4)5)25-19(24(20)37)12-21(31)26(32-25)34-13-17(2)22(15-34)33-42(39,40)16-30-10-9-18(11-23(30)36)29(30,6)7/h12,14,17-18,22,33H,8-11,13,15-16H2,1-7H3/t17-,18+,22+,30+/m1/s1. The second kappa shape index (κ2) is 10.1. The molecule has 3 fully saturated rings. The molecule has 2 bridgehead atoms. The third kappa shape index (κ3) is 4.84. The number of esters is 1. The van der Waals surface area contributed by atoms with Gasteiger partial charge in [0.2, 0.25) is 15.5 Å². The monoisotopic (exact) mass is 604 g/mol. The molecule has 230 valence electrons. The number of anilines is 1. The van der Waals surface area contributed by atoms with Crippen LogP contribution >= 0.6 is 0 Å². The molecule has 42 heavy (non-hydrogen) atoms. The van der Waals surface area contributed by atoms with Gasteiger partial charge in [0.25, 0.3) is 0 Å². The van der Waals surface area contributed by atoms with E-state index in [-0.39, 0.29) is 64.4 Å². The first-order chi connectivity index (χ1) is 19.4. The molecule has 5 rings (SSSR count). The predicted molar refractivity (Wildman–Crippen MR) is 158 cm³/mol. The van der Waals surface area contributed by atoms with Crippen molar-refractivity contribution in [2.45, 2.75) is 79.3 Å². The van der Waals surface area contributed by atoms with Gasteiger partial charge < -0.3 is 14.2 Å². The number of ketones is 1. The highest BCUT2D eigenvalue weighted by Crippen LogP contribution is 2.64. The van der Waals surface area contributed by atoms with E-state index >= 15 is 4.39 Å². The van der Waals surface area contributed by atoms with Gasteiger partial charge in [0, 0.05) is 42.7 Å². The number of hydrogen-bond donors (Lipinski definition) is 1. The Balaban J connectivity index is 1.45. The molecule has 0 radical (unpaired) electrons. The van der Waals surface area contributed by atoms with E-state index in [2.05, 4.69) is 9.71 Å². The fourth-order valence-corrected chi connectivity index (χ4v) is 9.48. The largest absolute Gasteiger partial charge is 0.462 e. The molecule has 0 unspecified atom stereocenters. The van der Waals surface area contributed by atoms with E-state index in [9.17, 15) is 22.8 Å². The minimum atomic E-state index is -3.83. The van der Waals surface area contributed by atoms with Crippen LogP contribution in [0.3, 0.4) is 0 Å². The summed E-state index contributed by atoms with van der Waals surface area (Å²) in [5.74, 6) is -1.70. The van der Waals surface area contributed by atoms with Crippen molar-refractivity contribution in [3.8, 4) is 0 Å². The van der Waals surface area contributed by atoms with Crippen LogP contribution in [0, 0.1) is 28.5 Å². The molecule has 0 spiro atoms. The smallest absolute Gasteiger partial charge is 0.343 e. The number of fused-ring (bicyclic) bond motifs is 3. The zero-order valence-electron chi connectivity index (χ0n) is 25.4. The lowest BCUT2D eigenvalue weighted by molar-refractivity contribution is -0.128. The summed E-state index contributed by atoms with van der Waals surface area (Å²) in [6, 6.07) is 0.576.